The van der Waals surface area contributed by atoms with Crippen LogP contribution in [0, 0.1) is 17.5 Å². The average Bonchev–Trinajstić information content (AvgIpc) is 2.99. The molecule has 0 spiro atoms. The topological polar surface area (TPSA) is 87.7 Å². The number of aliphatic hydroxyl groups is 3. The molecule has 0 aliphatic carbocycles. The summed E-state index contributed by atoms with van der Waals surface area (Å²) in [6.45, 7) is -0.543. The number of rotatable bonds is 2. The van der Waals surface area contributed by atoms with Crippen LogP contribution in [0.1, 0.15) is 6.23 Å². The van der Waals surface area contributed by atoms with Crippen molar-refractivity contribution in [3.8, 4) is 0 Å². The number of ether oxygens (including phenoxy) is 1. The van der Waals surface area contributed by atoms with Crippen LogP contribution >= 0.6 is 0 Å². The fourth-order valence-electron chi connectivity index (χ4n) is 2.39. The number of hydrogen-bond donors (Lipinski definition) is 3. The van der Waals surface area contributed by atoms with Crippen molar-refractivity contribution < 1.29 is 33.2 Å². The first-order valence-electron chi connectivity index (χ1n) is 6.08. The SMILES string of the molecule is OC[C@H]1O[C@@H](n2cnc3c(F)c(F)c(F)cc32)[C@H](O)[C@@H]1O. The van der Waals surface area contributed by atoms with Gasteiger partial charge in [0.2, 0.25) is 0 Å². The Labute approximate surface area is 116 Å². The Hall–Kier alpha value is -1.68. The number of nitrogens with zero attached hydrogens (tertiary/aromatic N) is 2. The van der Waals surface area contributed by atoms with Crippen molar-refractivity contribution >= 4 is 11.0 Å². The predicted octanol–water partition coefficient (Wildman–Crippen LogP) is 0.0651. The highest BCUT2D eigenvalue weighted by Crippen LogP contribution is 2.33. The van der Waals surface area contributed by atoms with Crippen LogP contribution < -0.4 is 0 Å². The van der Waals surface area contributed by atoms with Crippen LogP contribution in [0.5, 0.6) is 0 Å². The summed E-state index contributed by atoms with van der Waals surface area (Å²) in [5, 5.41) is 28.6. The lowest BCUT2D eigenvalue weighted by atomic mass is 10.1. The van der Waals surface area contributed by atoms with Crippen LogP contribution in [0.25, 0.3) is 11.0 Å². The zero-order valence-electron chi connectivity index (χ0n) is 10.4. The molecule has 4 atom stereocenters. The van der Waals surface area contributed by atoms with E-state index in [1.807, 2.05) is 0 Å². The van der Waals surface area contributed by atoms with Crippen LogP contribution in [-0.4, -0.2) is 49.8 Å². The van der Waals surface area contributed by atoms with Gasteiger partial charge in [-0.3, -0.25) is 0 Å². The summed E-state index contributed by atoms with van der Waals surface area (Å²) >= 11 is 0. The highest BCUT2D eigenvalue weighted by atomic mass is 19.2. The number of imidazole rings is 1. The third kappa shape index (κ3) is 2.01. The molecular weight excluding hydrogens is 293 g/mol. The van der Waals surface area contributed by atoms with Gasteiger partial charge in [-0.15, -0.1) is 0 Å². The molecule has 0 amide bonds. The summed E-state index contributed by atoms with van der Waals surface area (Å²) in [6.07, 6.45) is -4.01. The van der Waals surface area contributed by atoms with Crippen molar-refractivity contribution in [2.45, 2.75) is 24.5 Å². The van der Waals surface area contributed by atoms with Crippen molar-refractivity contribution in [1.29, 1.82) is 0 Å². The lowest BCUT2D eigenvalue weighted by Crippen LogP contribution is -2.33. The Bertz CT molecular complexity index is 693. The number of fused-ring (bicyclic) bond motifs is 1. The molecular formula is C12H11F3N2O4. The van der Waals surface area contributed by atoms with Crippen LogP contribution in [0.4, 0.5) is 13.2 Å². The molecule has 9 heteroatoms. The molecule has 1 aliphatic heterocycles. The second-order valence-electron chi connectivity index (χ2n) is 4.73. The van der Waals surface area contributed by atoms with Crippen LogP contribution in [-0.2, 0) is 4.74 Å². The zero-order chi connectivity index (χ0) is 15.3. The summed E-state index contributed by atoms with van der Waals surface area (Å²) in [6, 6.07) is 0.718. The van der Waals surface area contributed by atoms with Gasteiger partial charge in [-0.1, -0.05) is 0 Å². The van der Waals surface area contributed by atoms with E-state index in [1.54, 1.807) is 0 Å². The molecule has 0 radical (unpaired) electrons. The van der Waals surface area contributed by atoms with Crippen molar-refractivity contribution in [1.82, 2.24) is 9.55 Å². The first-order valence-corrected chi connectivity index (χ1v) is 6.08. The molecule has 0 unspecified atom stereocenters. The molecule has 1 aromatic heterocycles. The Morgan fingerprint density at radius 2 is 1.90 bits per heavy atom. The van der Waals surface area contributed by atoms with Crippen LogP contribution in [0.2, 0.25) is 0 Å². The Morgan fingerprint density at radius 1 is 1.19 bits per heavy atom. The largest absolute Gasteiger partial charge is 0.394 e. The van der Waals surface area contributed by atoms with Crippen molar-refractivity contribution in [3.63, 3.8) is 0 Å². The molecule has 0 saturated carbocycles. The summed E-state index contributed by atoms with van der Waals surface area (Å²) in [5.74, 6) is -4.50. The van der Waals surface area contributed by atoms with E-state index in [0.717, 1.165) is 17.0 Å². The van der Waals surface area contributed by atoms with Gasteiger partial charge in [-0.05, 0) is 0 Å². The van der Waals surface area contributed by atoms with Gasteiger partial charge in [0.15, 0.2) is 23.7 Å². The number of aromatic nitrogens is 2. The quantitative estimate of drug-likeness (QED) is 0.683. The Balaban J connectivity index is 2.10. The van der Waals surface area contributed by atoms with E-state index in [1.165, 1.54) is 0 Å². The molecule has 1 aliphatic rings. The normalized spacial score (nSPS) is 29.4. The minimum atomic E-state index is -1.64. The lowest BCUT2D eigenvalue weighted by Gasteiger charge is -2.17. The standard InChI is InChI=1S/C12H11F3N2O4/c13-4-1-5-9(8(15)7(4)14)16-3-17(5)12-11(20)10(19)6(2-18)21-12/h1,3,6,10-12,18-20H,2H2/t6-,10-,11-,12-/m1/s1. The molecule has 21 heavy (non-hydrogen) atoms. The highest BCUT2D eigenvalue weighted by Gasteiger charge is 2.43. The monoisotopic (exact) mass is 304 g/mol. The third-order valence-corrected chi connectivity index (χ3v) is 3.50. The van der Waals surface area contributed by atoms with Gasteiger partial charge in [0, 0.05) is 6.07 Å². The maximum absolute atomic E-state index is 13.6. The van der Waals surface area contributed by atoms with E-state index >= 15 is 0 Å². The molecule has 1 fully saturated rings. The van der Waals surface area contributed by atoms with E-state index in [0.29, 0.717) is 0 Å². The van der Waals surface area contributed by atoms with Crippen LogP contribution in [0.3, 0.4) is 0 Å². The van der Waals surface area contributed by atoms with Gasteiger partial charge in [0.25, 0.3) is 0 Å². The van der Waals surface area contributed by atoms with E-state index in [4.69, 9.17) is 9.84 Å². The van der Waals surface area contributed by atoms with E-state index in [-0.39, 0.29) is 5.52 Å². The lowest BCUT2D eigenvalue weighted by molar-refractivity contribution is -0.0509. The van der Waals surface area contributed by atoms with Gasteiger partial charge in [-0.25, -0.2) is 18.2 Å². The molecule has 3 N–H and O–H groups in total. The summed E-state index contributed by atoms with van der Waals surface area (Å²) in [5.41, 5.74) is -0.562. The van der Waals surface area contributed by atoms with Gasteiger partial charge < -0.3 is 24.6 Å². The maximum Gasteiger partial charge on any atom is 0.196 e. The first kappa shape index (κ1) is 14.3. The highest BCUT2D eigenvalue weighted by molar-refractivity contribution is 5.76. The molecule has 1 aromatic carbocycles. The second-order valence-corrected chi connectivity index (χ2v) is 4.73. The van der Waals surface area contributed by atoms with E-state index in [2.05, 4.69) is 4.98 Å². The molecule has 114 valence electrons. The summed E-state index contributed by atoms with van der Waals surface area (Å²) in [7, 11) is 0. The molecule has 1 saturated heterocycles. The minimum Gasteiger partial charge on any atom is -0.394 e. The van der Waals surface area contributed by atoms with Crippen molar-refractivity contribution in [2.75, 3.05) is 6.61 Å². The number of halogens is 3. The Morgan fingerprint density at radius 3 is 2.52 bits per heavy atom. The maximum atomic E-state index is 13.6. The zero-order valence-corrected chi connectivity index (χ0v) is 10.4. The number of hydrogen-bond acceptors (Lipinski definition) is 5. The molecule has 2 heterocycles. The van der Waals surface area contributed by atoms with Gasteiger partial charge in [-0.2, -0.15) is 0 Å². The first-order chi connectivity index (χ1) is 9.95. The minimum absolute atomic E-state index is 0.138. The average molecular weight is 304 g/mol. The number of aliphatic hydroxyl groups excluding tert-OH is 3. The Kier molecular flexibility index (Phi) is 3.36. The fraction of sp³-hybridized carbons (Fsp3) is 0.417. The number of benzene rings is 1. The smallest absolute Gasteiger partial charge is 0.196 e. The van der Waals surface area contributed by atoms with Gasteiger partial charge in [0.05, 0.1) is 18.5 Å². The molecule has 3 rings (SSSR count). The predicted molar refractivity (Wildman–Crippen MR) is 62.6 cm³/mol. The van der Waals surface area contributed by atoms with E-state index < -0.39 is 54.1 Å². The van der Waals surface area contributed by atoms with Crippen molar-refractivity contribution in [3.05, 3.63) is 29.8 Å². The van der Waals surface area contributed by atoms with E-state index in [9.17, 15) is 23.4 Å². The molecule has 2 aromatic rings. The summed E-state index contributed by atoms with van der Waals surface area (Å²) < 4.78 is 46.4. The fourth-order valence-corrected chi connectivity index (χ4v) is 2.39. The summed E-state index contributed by atoms with van der Waals surface area (Å²) in [4.78, 5) is 3.62. The van der Waals surface area contributed by atoms with Gasteiger partial charge in [0.1, 0.15) is 23.8 Å². The molecule has 0 bridgehead atoms. The van der Waals surface area contributed by atoms with Crippen molar-refractivity contribution in [2.24, 2.45) is 0 Å². The third-order valence-electron chi connectivity index (χ3n) is 3.50. The second kappa shape index (κ2) is 4.95. The molecule has 6 nitrogen and oxygen atoms in total. The van der Waals surface area contributed by atoms with Gasteiger partial charge >= 0.3 is 0 Å². The van der Waals surface area contributed by atoms with Crippen LogP contribution in [0.15, 0.2) is 12.4 Å².